The van der Waals surface area contributed by atoms with Crippen molar-refractivity contribution in [3.05, 3.63) is 51.4 Å². The van der Waals surface area contributed by atoms with Crippen LogP contribution in [-0.2, 0) is 10.0 Å². The summed E-state index contributed by atoms with van der Waals surface area (Å²) in [7, 11) is -3.45. The molecule has 11 heteroatoms. The molecule has 3 aromatic rings. The number of fused-ring (bicyclic) bond motifs is 1. The van der Waals surface area contributed by atoms with Gasteiger partial charge in [0.15, 0.2) is 5.56 Å². The summed E-state index contributed by atoms with van der Waals surface area (Å²) in [6, 6.07) is 8.32. The van der Waals surface area contributed by atoms with Crippen molar-refractivity contribution in [2.75, 3.05) is 11.6 Å². The number of aromatic nitrogens is 2. The predicted molar refractivity (Wildman–Crippen MR) is 132 cm³/mol. The number of pyridine rings is 1. The van der Waals surface area contributed by atoms with Crippen LogP contribution in [0.5, 0.6) is 0 Å². The van der Waals surface area contributed by atoms with Gasteiger partial charge >= 0.3 is 0 Å². The Labute approximate surface area is 201 Å². The highest BCUT2D eigenvalue weighted by molar-refractivity contribution is 7.88. The van der Waals surface area contributed by atoms with Gasteiger partial charge in [-0.2, -0.15) is 9.57 Å². The average Bonchev–Trinajstić information content (AvgIpc) is 3.30. The molecule has 0 bridgehead atoms. The highest BCUT2D eigenvalue weighted by atomic mass is 35.5. The zero-order valence-electron chi connectivity index (χ0n) is 18.4. The van der Waals surface area contributed by atoms with Crippen molar-refractivity contribution < 1.29 is 8.42 Å². The van der Waals surface area contributed by atoms with Gasteiger partial charge in [0.25, 0.3) is 5.56 Å². The molecule has 33 heavy (non-hydrogen) atoms. The van der Waals surface area contributed by atoms with Crippen molar-refractivity contribution in [2.24, 2.45) is 0 Å². The topological polar surface area (TPSA) is 108 Å². The molecule has 1 aromatic carbocycles. The van der Waals surface area contributed by atoms with Crippen molar-refractivity contribution >= 4 is 54.7 Å². The van der Waals surface area contributed by atoms with E-state index in [1.54, 1.807) is 28.4 Å². The minimum Gasteiger partial charge on any atom is -0.343 e. The summed E-state index contributed by atoms with van der Waals surface area (Å²) in [6.45, 7) is 3.81. The lowest BCUT2D eigenvalue weighted by atomic mass is 10.0. The van der Waals surface area contributed by atoms with Crippen molar-refractivity contribution in [3.8, 4) is 6.07 Å². The van der Waals surface area contributed by atoms with Gasteiger partial charge in [-0.25, -0.2) is 8.42 Å². The highest BCUT2D eigenvalue weighted by Gasteiger charge is 2.42. The van der Waals surface area contributed by atoms with Crippen LogP contribution in [0.15, 0.2) is 35.3 Å². The summed E-state index contributed by atoms with van der Waals surface area (Å²) in [4.78, 5) is 17.6. The molecule has 1 aliphatic rings. The van der Waals surface area contributed by atoms with Gasteiger partial charge in [0.1, 0.15) is 11.1 Å². The van der Waals surface area contributed by atoms with Crippen LogP contribution >= 0.6 is 23.1 Å². The lowest BCUT2D eigenvalue weighted by molar-refractivity contribution is 0.258. The molecule has 0 radical (unpaired) electrons. The maximum atomic E-state index is 13.3. The molecular formula is C22H24ClN5O3S2. The van der Waals surface area contributed by atoms with E-state index in [0.717, 1.165) is 28.9 Å². The number of nitriles is 1. The lowest BCUT2D eigenvalue weighted by Crippen LogP contribution is -2.44. The number of sulfonamides is 1. The Morgan fingerprint density at radius 2 is 2.12 bits per heavy atom. The summed E-state index contributed by atoms with van der Waals surface area (Å²) in [6.07, 6.45) is 4.81. The molecule has 8 nitrogen and oxygen atoms in total. The normalized spacial score (nSPS) is 20.1. The number of benzene rings is 1. The van der Waals surface area contributed by atoms with E-state index in [9.17, 15) is 18.5 Å². The van der Waals surface area contributed by atoms with Gasteiger partial charge in [-0.1, -0.05) is 18.5 Å². The minimum absolute atomic E-state index is 0.0210. The van der Waals surface area contributed by atoms with E-state index in [1.165, 1.54) is 10.6 Å². The first-order chi connectivity index (χ1) is 15.7. The Bertz CT molecular complexity index is 1410. The van der Waals surface area contributed by atoms with Crippen molar-refractivity contribution in [1.82, 2.24) is 13.2 Å². The lowest BCUT2D eigenvalue weighted by Gasteiger charge is -2.31. The Morgan fingerprint density at radius 1 is 1.36 bits per heavy atom. The Kier molecular flexibility index (Phi) is 6.51. The van der Waals surface area contributed by atoms with E-state index >= 15 is 0 Å². The first-order valence-corrected chi connectivity index (χ1v) is 13.6. The number of nitrogens with one attached hydrogen (secondary N) is 1. The Morgan fingerprint density at radius 3 is 2.79 bits per heavy atom. The molecule has 1 saturated heterocycles. The second kappa shape index (κ2) is 9.06. The summed E-state index contributed by atoms with van der Waals surface area (Å²) in [5, 5.41) is 14.5. The van der Waals surface area contributed by atoms with Gasteiger partial charge in [-0.3, -0.25) is 13.7 Å². The van der Waals surface area contributed by atoms with Crippen LogP contribution in [0.3, 0.4) is 0 Å². The second-order valence-corrected chi connectivity index (χ2v) is 11.5. The van der Waals surface area contributed by atoms with Crippen LogP contribution in [0.25, 0.3) is 10.9 Å². The number of hydrogen-bond acceptors (Lipinski definition) is 7. The fourth-order valence-corrected chi connectivity index (χ4v) is 7.56. The second-order valence-electron chi connectivity index (χ2n) is 8.22. The molecule has 3 unspecified atom stereocenters. The summed E-state index contributed by atoms with van der Waals surface area (Å²) >= 11 is 7.57. The molecule has 3 atom stereocenters. The molecule has 0 amide bonds. The van der Waals surface area contributed by atoms with E-state index in [0.29, 0.717) is 28.6 Å². The van der Waals surface area contributed by atoms with E-state index in [-0.39, 0.29) is 23.7 Å². The zero-order valence-corrected chi connectivity index (χ0v) is 20.8. The molecule has 3 heterocycles. The highest BCUT2D eigenvalue weighted by Crippen LogP contribution is 2.39. The Hall–Kier alpha value is -2.45. The predicted octanol–water partition coefficient (Wildman–Crippen LogP) is 4.49. The molecule has 2 aromatic heterocycles. The number of halogens is 1. The molecule has 0 saturated carbocycles. The van der Waals surface area contributed by atoms with Crippen LogP contribution in [0, 0.1) is 11.3 Å². The average molecular weight is 506 g/mol. The fourth-order valence-electron chi connectivity index (χ4n) is 4.68. The molecular weight excluding hydrogens is 482 g/mol. The molecule has 1 fully saturated rings. The van der Waals surface area contributed by atoms with E-state index < -0.39 is 15.6 Å². The number of nitrogens with zero attached hydrogens (tertiary/aromatic N) is 4. The summed E-state index contributed by atoms with van der Waals surface area (Å²) < 4.78 is 28.0. The molecule has 0 spiro atoms. The maximum Gasteiger partial charge on any atom is 0.281 e. The maximum absolute atomic E-state index is 13.3. The number of anilines is 2. The van der Waals surface area contributed by atoms with Gasteiger partial charge < -0.3 is 5.32 Å². The van der Waals surface area contributed by atoms with Crippen LogP contribution in [-0.4, -0.2) is 40.0 Å². The van der Waals surface area contributed by atoms with Gasteiger partial charge in [0.05, 0.1) is 28.5 Å². The van der Waals surface area contributed by atoms with Gasteiger partial charge in [0, 0.05) is 23.7 Å². The monoisotopic (exact) mass is 505 g/mol. The van der Waals surface area contributed by atoms with Crippen LogP contribution in [0.2, 0.25) is 5.02 Å². The van der Waals surface area contributed by atoms with Crippen molar-refractivity contribution in [3.63, 3.8) is 0 Å². The third-order valence-corrected chi connectivity index (χ3v) is 8.94. The first kappa shape index (κ1) is 23.7. The number of hydrogen-bond donors (Lipinski definition) is 1. The molecule has 174 valence electrons. The third-order valence-electron chi connectivity index (χ3n) is 6.10. The van der Waals surface area contributed by atoms with Crippen molar-refractivity contribution in [1.29, 1.82) is 5.26 Å². The molecule has 1 aliphatic heterocycles. The van der Waals surface area contributed by atoms with Gasteiger partial charge in [-0.15, -0.1) is 0 Å². The summed E-state index contributed by atoms with van der Waals surface area (Å²) in [5.41, 5.74) is 0.837. The third kappa shape index (κ3) is 4.26. The molecule has 0 aliphatic carbocycles. The van der Waals surface area contributed by atoms with E-state index in [2.05, 4.69) is 10.3 Å². The minimum atomic E-state index is -3.45. The van der Waals surface area contributed by atoms with Crippen LogP contribution in [0.4, 0.5) is 10.7 Å². The Balaban J connectivity index is 1.79. The van der Waals surface area contributed by atoms with Crippen molar-refractivity contribution in [2.45, 2.75) is 51.2 Å². The van der Waals surface area contributed by atoms with Crippen LogP contribution in [0.1, 0.15) is 44.7 Å². The zero-order chi connectivity index (χ0) is 23.9. The standard InChI is InChI=1S/C22H24ClN5O3S2/c1-4-18(19-10-7-13(2)28(19)33(3,30)31)27-22(29)15(12-24)21(32-27)26-20-14-6-5-11-25-17(14)9-8-16(20)23/h5-6,8-9,11,13,18-19,26H,4,7,10H2,1-3H3. The molecule has 4 rings (SSSR count). The SMILES string of the molecule is CCC(C1CCC(C)N1S(C)(=O)=O)n1sc(Nc2c(Cl)ccc3ncccc23)c(C#N)c1=O. The van der Waals surface area contributed by atoms with E-state index in [1.807, 2.05) is 26.0 Å². The smallest absolute Gasteiger partial charge is 0.281 e. The quantitative estimate of drug-likeness (QED) is 0.528. The van der Waals surface area contributed by atoms with E-state index in [4.69, 9.17) is 11.6 Å². The van der Waals surface area contributed by atoms with Gasteiger partial charge in [-0.05, 0) is 62.0 Å². The largest absolute Gasteiger partial charge is 0.343 e. The fraction of sp³-hybridized carbons (Fsp3) is 0.409. The van der Waals surface area contributed by atoms with Crippen LogP contribution < -0.4 is 10.9 Å². The first-order valence-electron chi connectivity index (χ1n) is 10.6. The molecule has 1 N–H and O–H groups in total. The van der Waals surface area contributed by atoms with Gasteiger partial charge in [0.2, 0.25) is 10.0 Å². The number of rotatable bonds is 6. The summed E-state index contributed by atoms with van der Waals surface area (Å²) in [5.74, 6) is 0.